The van der Waals surface area contributed by atoms with Crippen molar-refractivity contribution < 1.29 is 9.59 Å². The van der Waals surface area contributed by atoms with Crippen LogP contribution in [0.15, 0.2) is 18.2 Å². The van der Waals surface area contributed by atoms with E-state index in [-0.39, 0.29) is 5.69 Å². The summed E-state index contributed by atoms with van der Waals surface area (Å²) >= 11 is 0. The van der Waals surface area contributed by atoms with Crippen molar-refractivity contribution in [1.29, 1.82) is 0 Å². The molecule has 4 nitrogen and oxygen atoms in total. The molecule has 0 aliphatic rings. The van der Waals surface area contributed by atoms with Gasteiger partial charge in [0.1, 0.15) is 11.4 Å². The van der Waals surface area contributed by atoms with Gasteiger partial charge in [0.15, 0.2) is 6.29 Å². The zero-order valence-corrected chi connectivity index (χ0v) is 6.65. The Balaban J connectivity index is 2.98. The fourth-order valence-electron chi connectivity index (χ4n) is 0.712. The Morgan fingerprint density at radius 1 is 1.54 bits per heavy atom. The molecule has 0 spiro atoms. The lowest BCUT2D eigenvalue weighted by Crippen LogP contribution is -2.06. The van der Waals surface area contributed by atoms with Crippen LogP contribution in [0.1, 0.15) is 16.2 Å². The number of carbonyl (C=O) groups excluding carboxylic acids is 2. The summed E-state index contributed by atoms with van der Waals surface area (Å²) in [5, 5.41) is 0. The molecule has 0 aromatic carbocycles. The summed E-state index contributed by atoms with van der Waals surface area (Å²) < 4.78 is 0. The highest BCUT2D eigenvalue weighted by molar-refractivity contribution is 5.92. The lowest BCUT2D eigenvalue weighted by Gasteiger charge is -1.89. The van der Waals surface area contributed by atoms with E-state index in [2.05, 4.69) is 16.8 Å². The van der Waals surface area contributed by atoms with E-state index in [1.54, 1.807) is 18.2 Å². The maximum absolute atomic E-state index is 10.3. The standard InChI is InChI=1S/C9H6N2O2/c10-9(13)5-4-7-2-1-3-8(6-12)11-7/h1-3,6H,(H2,10,13). The molecule has 1 aromatic heterocycles. The number of carbonyl (C=O) groups is 2. The Morgan fingerprint density at radius 3 is 2.92 bits per heavy atom. The number of hydrogen-bond donors (Lipinski definition) is 1. The molecule has 4 heteroatoms. The highest BCUT2D eigenvalue weighted by Gasteiger charge is 1.92. The molecule has 0 radical (unpaired) electrons. The third kappa shape index (κ3) is 2.75. The second-order valence-electron chi connectivity index (χ2n) is 2.18. The molecule has 1 heterocycles. The first kappa shape index (κ1) is 8.94. The summed E-state index contributed by atoms with van der Waals surface area (Å²) in [6.45, 7) is 0. The molecule has 1 aromatic rings. The molecule has 0 bridgehead atoms. The predicted molar refractivity (Wildman–Crippen MR) is 45.7 cm³/mol. The SMILES string of the molecule is NC(=O)C#Cc1cccc(C=O)n1. The van der Waals surface area contributed by atoms with Gasteiger partial charge in [0.05, 0.1) is 0 Å². The molecule has 13 heavy (non-hydrogen) atoms. The van der Waals surface area contributed by atoms with Crippen LogP contribution < -0.4 is 5.73 Å². The van der Waals surface area contributed by atoms with Crippen LogP contribution in [-0.2, 0) is 4.79 Å². The highest BCUT2D eigenvalue weighted by Crippen LogP contribution is 1.94. The van der Waals surface area contributed by atoms with Crippen molar-refractivity contribution >= 4 is 12.2 Å². The van der Waals surface area contributed by atoms with Crippen molar-refractivity contribution in [3.05, 3.63) is 29.6 Å². The molecule has 0 saturated heterocycles. The summed E-state index contributed by atoms with van der Waals surface area (Å²) in [5.74, 6) is 3.82. The van der Waals surface area contributed by atoms with Crippen LogP contribution in [0.2, 0.25) is 0 Å². The van der Waals surface area contributed by atoms with Crippen molar-refractivity contribution in [3.63, 3.8) is 0 Å². The fourth-order valence-corrected chi connectivity index (χ4v) is 0.712. The number of rotatable bonds is 1. The highest BCUT2D eigenvalue weighted by atomic mass is 16.1. The molecule has 0 atom stereocenters. The normalized spacial score (nSPS) is 8.31. The second-order valence-corrected chi connectivity index (χ2v) is 2.18. The number of aldehydes is 1. The molecule has 1 amide bonds. The van der Waals surface area contributed by atoms with E-state index >= 15 is 0 Å². The molecule has 1 rings (SSSR count). The minimum Gasteiger partial charge on any atom is -0.359 e. The monoisotopic (exact) mass is 174 g/mol. The zero-order valence-electron chi connectivity index (χ0n) is 6.65. The van der Waals surface area contributed by atoms with E-state index in [4.69, 9.17) is 5.73 Å². The van der Waals surface area contributed by atoms with Crippen LogP contribution in [0.25, 0.3) is 0 Å². The number of amides is 1. The second kappa shape index (κ2) is 4.02. The summed E-state index contributed by atoms with van der Waals surface area (Å²) in [7, 11) is 0. The van der Waals surface area contributed by atoms with Crippen LogP contribution in [0.5, 0.6) is 0 Å². The minimum absolute atomic E-state index is 0.274. The Hall–Kier alpha value is -2.15. The Bertz CT molecular complexity index is 402. The van der Waals surface area contributed by atoms with Gasteiger partial charge in [-0.2, -0.15) is 0 Å². The Kier molecular flexibility index (Phi) is 2.77. The average molecular weight is 174 g/mol. The van der Waals surface area contributed by atoms with Crippen LogP contribution in [0, 0.1) is 11.8 Å². The fraction of sp³-hybridized carbons (Fsp3) is 0. The van der Waals surface area contributed by atoms with Gasteiger partial charge >= 0.3 is 0 Å². The maximum Gasteiger partial charge on any atom is 0.293 e. The summed E-state index contributed by atoms with van der Waals surface area (Å²) in [5.41, 5.74) is 5.43. The van der Waals surface area contributed by atoms with Crippen molar-refractivity contribution in [3.8, 4) is 11.8 Å². The molecule has 2 N–H and O–H groups in total. The van der Waals surface area contributed by atoms with Gasteiger partial charge in [0.2, 0.25) is 0 Å². The van der Waals surface area contributed by atoms with Gasteiger partial charge in [-0.3, -0.25) is 9.59 Å². The molecule has 64 valence electrons. The molecule has 0 saturated carbocycles. The van der Waals surface area contributed by atoms with E-state index in [0.717, 1.165) is 0 Å². The van der Waals surface area contributed by atoms with E-state index in [0.29, 0.717) is 12.0 Å². The van der Waals surface area contributed by atoms with Gasteiger partial charge in [-0.05, 0) is 18.1 Å². The quantitative estimate of drug-likeness (QED) is 0.470. The smallest absolute Gasteiger partial charge is 0.293 e. The molecule has 0 aliphatic carbocycles. The Morgan fingerprint density at radius 2 is 2.31 bits per heavy atom. The Labute approximate surface area is 74.8 Å². The van der Waals surface area contributed by atoms with Crippen molar-refractivity contribution in [2.24, 2.45) is 5.73 Å². The first-order valence-corrected chi connectivity index (χ1v) is 3.46. The summed E-state index contributed by atoms with van der Waals surface area (Å²) in [6.07, 6.45) is 0.607. The van der Waals surface area contributed by atoms with Gasteiger partial charge in [-0.15, -0.1) is 0 Å². The zero-order chi connectivity index (χ0) is 9.68. The van der Waals surface area contributed by atoms with E-state index in [1.807, 2.05) is 0 Å². The summed E-state index contributed by atoms with van der Waals surface area (Å²) in [4.78, 5) is 24.4. The van der Waals surface area contributed by atoms with Crippen LogP contribution in [-0.4, -0.2) is 17.2 Å². The van der Waals surface area contributed by atoms with E-state index < -0.39 is 5.91 Å². The predicted octanol–water partition coefficient (Wildman–Crippen LogP) is -0.269. The van der Waals surface area contributed by atoms with Gasteiger partial charge < -0.3 is 5.73 Å². The van der Waals surface area contributed by atoms with Gasteiger partial charge in [0.25, 0.3) is 5.91 Å². The molecule has 0 unspecified atom stereocenters. The molecule has 0 fully saturated rings. The maximum atomic E-state index is 10.3. The molecular formula is C9H6N2O2. The first-order valence-electron chi connectivity index (χ1n) is 3.46. The number of nitrogens with two attached hydrogens (primary N) is 1. The third-order valence-corrected chi connectivity index (χ3v) is 1.21. The van der Waals surface area contributed by atoms with Crippen LogP contribution in [0.3, 0.4) is 0 Å². The van der Waals surface area contributed by atoms with E-state index in [1.165, 1.54) is 0 Å². The van der Waals surface area contributed by atoms with Crippen LogP contribution in [0.4, 0.5) is 0 Å². The lowest BCUT2D eigenvalue weighted by molar-refractivity contribution is -0.112. The minimum atomic E-state index is -0.724. The number of aromatic nitrogens is 1. The average Bonchev–Trinajstić information content (AvgIpc) is 2.15. The number of nitrogens with zero attached hydrogens (tertiary/aromatic N) is 1. The van der Waals surface area contributed by atoms with Gasteiger partial charge in [-0.25, -0.2) is 4.98 Å². The molecule has 0 aliphatic heterocycles. The first-order chi connectivity index (χ1) is 6.22. The van der Waals surface area contributed by atoms with Crippen LogP contribution >= 0.6 is 0 Å². The summed E-state index contributed by atoms with van der Waals surface area (Å²) in [6, 6.07) is 4.76. The van der Waals surface area contributed by atoms with Gasteiger partial charge in [-0.1, -0.05) is 6.07 Å². The van der Waals surface area contributed by atoms with Crippen molar-refractivity contribution in [1.82, 2.24) is 4.98 Å². The largest absolute Gasteiger partial charge is 0.359 e. The van der Waals surface area contributed by atoms with Crippen molar-refractivity contribution in [2.45, 2.75) is 0 Å². The lowest BCUT2D eigenvalue weighted by atomic mass is 10.3. The van der Waals surface area contributed by atoms with Gasteiger partial charge in [0, 0.05) is 5.92 Å². The molecular weight excluding hydrogens is 168 g/mol. The number of primary amides is 1. The number of hydrogen-bond acceptors (Lipinski definition) is 3. The number of pyridine rings is 1. The van der Waals surface area contributed by atoms with Crippen molar-refractivity contribution in [2.75, 3.05) is 0 Å². The van der Waals surface area contributed by atoms with E-state index in [9.17, 15) is 9.59 Å². The topological polar surface area (TPSA) is 73.1 Å². The third-order valence-electron chi connectivity index (χ3n) is 1.21.